The summed E-state index contributed by atoms with van der Waals surface area (Å²) in [6.45, 7) is 4.17. The summed E-state index contributed by atoms with van der Waals surface area (Å²) in [7, 11) is 0. The minimum Gasteiger partial charge on any atom is -0.352 e. The van der Waals surface area contributed by atoms with Gasteiger partial charge in [0.25, 0.3) is 0 Å². The average Bonchev–Trinajstić information content (AvgIpc) is 2.83. The first-order chi connectivity index (χ1) is 16.4. The zero-order chi connectivity index (χ0) is 24.5. The predicted molar refractivity (Wildman–Crippen MR) is 134 cm³/mol. The number of carbonyl (C=O) groups excluding carboxylic acids is 2. The van der Waals surface area contributed by atoms with Gasteiger partial charge in [-0.05, 0) is 54.3 Å². The Morgan fingerprint density at radius 3 is 2.26 bits per heavy atom. The van der Waals surface area contributed by atoms with Crippen LogP contribution in [-0.4, -0.2) is 28.8 Å². The Bertz CT molecular complexity index is 1090. The molecule has 0 saturated heterocycles. The normalized spacial score (nSPS) is 12.6. The standard InChI is InChI=1S/C28H30ClFN2O2/c1-3-20(2)31-28(34)26(17-21-8-5-4-6-9-21)32(19-23-10-7-11-24(29)16-23)27(33)18-22-12-14-25(30)15-13-22/h4-16,20,26H,3,17-19H2,1-2H3,(H,31,34)/t20-,26-/m0/s1. The minimum atomic E-state index is -0.719. The Kier molecular flexibility index (Phi) is 9.23. The van der Waals surface area contributed by atoms with E-state index in [0.29, 0.717) is 17.0 Å². The van der Waals surface area contributed by atoms with Crippen molar-refractivity contribution in [3.8, 4) is 0 Å². The predicted octanol–water partition coefficient (Wildman–Crippen LogP) is 5.58. The summed E-state index contributed by atoms with van der Waals surface area (Å²) in [5.41, 5.74) is 2.47. The van der Waals surface area contributed by atoms with Gasteiger partial charge in [-0.2, -0.15) is 0 Å². The lowest BCUT2D eigenvalue weighted by Gasteiger charge is -2.32. The molecule has 34 heavy (non-hydrogen) atoms. The summed E-state index contributed by atoms with van der Waals surface area (Å²) in [5, 5.41) is 3.61. The van der Waals surface area contributed by atoms with Gasteiger partial charge < -0.3 is 10.2 Å². The molecule has 0 aliphatic heterocycles. The van der Waals surface area contributed by atoms with Crippen molar-refractivity contribution in [3.63, 3.8) is 0 Å². The lowest BCUT2D eigenvalue weighted by Crippen LogP contribution is -2.52. The highest BCUT2D eigenvalue weighted by molar-refractivity contribution is 6.30. The average molecular weight is 481 g/mol. The van der Waals surface area contributed by atoms with Gasteiger partial charge in [-0.25, -0.2) is 4.39 Å². The number of nitrogens with one attached hydrogen (secondary N) is 1. The number of hydrogen-bond donors (Lipinski definition) is 1. The first kappa shape index (κ1) is 25.4. The molecule has 4 nitrogen and oxygen atoms in total. The van der Waals surface area contributed by atoms with Crippen molar-refractivity contribution in [3.05, 3.63) is 106 Å². The second kappa shape index (κ2) is 12.3. The molecule has 3 rings (SSSR count). The van der Waals surface area contributed by atoms with Gasteiger partial charge in [0.05, 0.1) is 6.42 Å². The maximum absolute atomic E-state index is 13.6. The summed E-state index contributed by atoms with van der Waals surface area (Å²) >= 11 is 6.19. The summed E-state index contributed by atoms with van der Waals surface area (Å²) in [4.78, 5) is 28.6. The second-order valence-corrected chi connectivity index (χ2v) is 8.91. The van der Waals surface area contributed by atoms with E-state index in [0.717, 1.165) is 17.5 Å². The van der Waals surface area contributed by atoms with Gasteiger partial charge in [0.2, 0.25) is 11.8 Å². The van der Waals surface area contributed by atoms with E-state index in [1.807, 2.05) is 56.3 Å². The number of nitrogens with zero attached hydrogens (tertiary/aromatic N) is 1. The lowest BCUT2D eigenvalue weighted by atomic mass is 10.0. The molecule has 0 aliphatic carbocycles. The fraction of sp³-hybridized carbons (Fsp3) is 0.286. The van der Waals surface area contributed by atoms with Crippen molar-refractivity contribution < 1.29 is 14.0 Å². The highest BCUT2D eigenvalue weighted by atomic mass is 35.5. The Labute approximate surface area is 205 Å². The molecule has 6 heteroatoms. The van der Waals surface area contributed by atoms with E-state index in [2.05, 4.69) is 5.32 Å². The van der Waals surface area contributed by atoms with Crippen molar-refractivity contribution in [2.75, 3.05) is 0 Å². The summed E-state index contributed by atoms with van der Waals surface area (Å²) in [6, 6.07) is 22.0. The number of hydrogen-bond acceptors (Lipinski definition) is 2. The van der Waals surface area contributed by atoms with E-state index in [1.165, 1.54) is 12.1 Å². The number of rotatable bonds is 10. The van der Waals surface area contributed by atoms with Crippen LogP contribution in [0.25, 0.3) is 0 Å². The van der Waals surface area contributed by atoms with Crippen LogP contribution < -0.4 is 5.32 Å². The molecule has 3 aromatic carbocycles. The molecule has 0 aliphatic rings. The van der Waals surface area contributed by atoms with Gasteiger partial charge in [0.1, 0.15) is 11.9 Å². The highest BCUT2D eigenvalue weighted by Crippen LogP contribution is 2.19. The van der Waals surface area contributed by atoms with E-state index in [9.17, 15) is 14.0 Å². The highest BCUT2D eigenvalue weighted by Gasteiger charge is 2.31. The third-order valence-electron chi connectivity index (χ3n) is 5.78. The molecule has 0 bridgehead atoms. The molecule has 3 aromatic rings. The molecular weight excluding hydrogens is 451 g/mol. The maximum atomic E-state index is 13.6. The molecule has 0 spiro atoms. The summed E-state index contributed by atoms with van der Waals surface area (Å²) in [6.07, 6.45) is 1.21. The number of halogens is 2. The first-order valence-electron chi connectivity index (χ1n) is 11.5. The van der Waals surface area contributed by atoms with Crippen molar-refractivity contribution in [1.29, 1.82) is 0 Å². The van der Waals surface area contributed by atoms with Gasteiger partial charge in [-0.1, -0.05) is 73.1 Å². The fourth-order valence-electron chi connectivity index (χ4n) is 3.71. The fourth-order valence-corrected chi connectivity index (χ4v) is 3.92. The Balaban J connectivity index is 1.96. The molecule has 2 atom stereocenters. The van der Waals surface area contributed by atoms with Crippen LogP contribution in [0.3, 0.4) is 0 Å². The van der Waals surface area contributed by atoms with Crippen LogP contribution in [0.5, 0.6) is 0 Å². The van der Waals surface area contributed by atoms with E-state index in [-0.39, 0.29) is 36.6 Å². The van der Waals surface area contributed by atoms with Crippen molar-refractivity contribution in [1.82, 2.24) is 10.2 Å². The number of carbonyl (C=O) groups is 2. The number of amides is 2. The molecule has 0 fully saturated rings. The van der Waals surface area contributed by atoms with E-state index < -0.39 is 6.04 Å². The van der Waals surface area contributed by atoms with Gasteiger partial charge in [-0.3, -0.25) is 9.59 Å². The Hall–Kier alpha value is -3.18. The Morgan fingerprint density at radius 2 is 1.62 bits per heavy atom. The number of benzene rings is 3. The minimum absolute atomic E-state index is 0.0222. The van der Waals surface area contributed by atoms with Gasteiger partial charge in [0.15, 0.2) is 0 Å². The molecular formula is C28H30ClFN2O2. The maximum Gasteiger partial charge on any atom is 0.243 e. The van der Waals surface area contributed by atoms with Gasteiger partial charge >= 0.3 is 0 Å². The molecule has 178 valence electrons. The van der Waals surface area contributed by atoms with Gasteiger partial charge in [-0.15, -0.1) is 0 Å². The zero-order valence-corrected chi connectivity index (χ0v) is 20.3. The van der Waals surface area contributed by atoms with E-state index in [4.69, 9.17) is 11.6 Å². The van der Waals surface area contributed by atoms with Crippen LogP contribution >= 0.6 is 11.6 Å². The van der Waals surface area contributed by atoms with Crippen LogP contribution in [0, 0.1) is 5.82 Å². The smallest absolute Gasteiger partial charge is 0.243 e. The van der Waals surface area contributed by atoms with Crippen LogP contribution in [0.1, 0.15) is 37.0 Å². The van der Waals surface area contributed by atoms with Crippen molar-refractivity contribution >= 4 is 23.4 Å². The van der Waals surface area contributed by atoms with Crippen LogP contribution in [0.2, 0.25) is 5.02 Å². The lowest BCUT2D eigenvalue weighted by molar-refractivity contribution is -0.141. The van der Waals surface area contributed by atoms with Crippen LogP contribution in [-0.2, 0) is 29.0 Å². The molecule has 0 aromatic heterocycles. The van der Waals surface area contributed by atoms with E-state index in [1.54, 1.807) is 29.2 Å². The molecule has 0 unspecified atom stereocenters. The second-order valence-electron chi connectivity index (χ2n) is 8.48. The summed E-state index contributed by atoms with van der Waals surface area (Å²) < 4.78 is 13.4. The topological polar surface area (TPSA) is 49.4 Å². The first-order valence-corrected chi connectivity index (χ1v) is 11.9. The zero-order valence-electron chi connectivity index (χ0n) is 19.5. The quantitative estimate of drug-likeness (QED) is 0.412. The van der Waals surface area contributed by atoms with Crippen molar-refractivity contribution in [2.45, 2.75) is 51.7 Å². The third-order valence-corrected chi connectivity index (χ3v) is 6.02. The summed E-state index contributed by atoms with van der Waals surface area (Å²) in [5.74, 6) is -0.777. The molecule has 2 amide bonds. The molecule has 1 N–H and O–H groups in total. The van der Waals surface area contributed by atoms with Gasteiger partial charge in [0, 0.05) is 24.0 Å². The Morgan fingerprint density at radius 1 is 0.941 bits per heavy atom. The van der Waals surface area contributed by atoms with E-state index >= 15 is 0 Å². The SMILES string of the molecule is CC[C@H](C)NC(=O)[C@H](Cc1ccccc1)N(Cc1cccc(Cl)c1)C(=O)Cc1ccc(F)cc1. The molecule has 0 heterocycles. The molecule has 0 saturated carbocycles. The van der Waals surface area contributed by atoms with Crippen LogP contribution in [0.4, 0.5) is 4.39 Å². The van der Waals surface area contributed by atoms with Crippen LogP contribution in [0.15, 0.2) is 78.9 Å². The molecule has 0 radical (unpaired) electrons. The van der Waals surface area contributed by atoms with Crippen molar-refractivity contribution in [2.24, 2.45) is 0 Å². The largest absolute Gasteiger partial charge is 0.352 e. The third kappa shape index (κ3) is 7.42. The monoisotopic (exact) mass is 480 g/mol.